The molecular formula is C15H15ClFN7O. The topological polar surface area (TPSA) is 101 Å². The molecule has 0 radical (unpaired) electrons. The summed E-state index contributed by atoms with van der Waals surface area (Å²) in [7, 11) is 1.52. The molecule has 0 unspecified atom stereocenters. The number of nitrogens with zero attached hydrogens (tertiary/aromatic N) is 4. The van der Waals surface area contributed by atoms with Crippen LogP contribution in [0.5, 0.6) is 5.88 Å². The summed E-state index contributed by atoms with van der Waals surface area (Å²) in [6.45, 7) is 1.87. The van der Waals surface area contributed by atoms with Crippen molar-refractivity contribution < 1.29 is 9.13 Å². The highest BCUT2D eigenvalue weighted by atomic mass is 35.5. The van der Waals surface area contributed by atoms with E-state index in [1.54, 1.807) is 12.1 Å². The van der Waals surface area contributed by atoms with Crippen LogP contribution >= 0.6 is 11.6 Å². The summed E-state index contributed by atoms with van der Waals surface area (Å²) < 4.78 is 18.0. The number of rotatable bonds is 6. The van der Waals surface area contributed by atoms with Crippen molar-refractivity contribution in [3.63, 3.8) is 0 Å². The second-order valence-electron chi connectivity index (χ2n) is 5.11. The van der Waals surface area contributed by atoms with Gasteiger partial charge in [-0.2, -0.15) is 4.98 Å². The first-order valence-corrected chi connectivity index (χ1v) is 7.70. The number of ether oxygens (including phenoxy) is 1. The number of anilines is 3. The lowest BCUT2D eigenvalue weighted by molar-refractivity contribution is 0.397. The fraction of sp³-hybridized carbons (Fsp3) is 0.200. The van der Waals surface area contributed by atoms with E-state index in [0.717, 1.165) is 6.20 Å². The number of halogens is 2. The highest BCUT2D eigenvalue weighted by Crippen LogP contribution is 2.25. The zero-order valence-electron chi connectivity index (χ0n) is 13.4. The molecule has 10 heteroatoms. The largest absolute Gasteiger partial charge is 0.480 e. The van der Waals surface area contributed by atoms with Crippen LogP contribution in [0.25, 0.3) is 0 Å². The molecule has 0 bridgehead atoms. The van der Waals surface area contributed by atoms with Gasteiger partial charge in [-0.15, -0.1) is 5.10 Å². The molecule has 0 spiro atoms. The van der Waals surface area contributed by atoms with E-state index >= 15 is 0 Å². The van der Waals surface area contributed by atoms with Crippen molar-refractivity contribution in [2.45, 2.75) is 13.0 Å². The molecule has 0 saturated carbocycles. The van der Waals surface area contributed by atoms with Crippen LogP contribution in [0, 0.1) is 5.82 Å². The minimum Gasteiger partial charge on any atom is -0.480 e. The van der Waals surface area contributed by atoms with Gasteiger partial charge in [0.2, 0.25) is 11.8 Å². The molecule has 1 atom stereocenters. The highest BCUT2D eigenvalue weighted by molar-refractivity contribution is 6.32. The van der Waals surface area contributed by atoms with E-state index in [9.17, 15) is 4.39 Å². The second-order valence-corrected chi connectivity index (χ2v) is 5.51. The summed E-state index contributed by atoms with van der Waals surface area (Å²) in [4.78, 5) is 12.5. The normalized spacial score (nSPS) is 11.8. The van der Waals surface area contributed by atoms with Crippen molar-refractivity contribution in [2.24, 2.45) is 0 Å². The molecule has 3 aromatic rings. The minimum absolute atomic E-state index is 0.220. The lowest BCUT2D eigenvalue weighted by atomic mass is 10.2. The van der Waals surface area contributed by atoms with E-state index < -0.39 is 0 Å². The minimum atomic E-state index is -0.389. The smallest absolute Gasteiger partial charge is 0.234 e. The van der Waals surface area contributed by atoms with Crippen LogP contribution in [-0.4, -0.2) is 32.3 Å². The Labute approximate surface area is 147 Å². The molecule has 130 valence electrons. The Balaban J connectivity index is 1.75. The van der Waals surface area contributed by atoms with E-state index in [2.05, 4.69) is 35.8 Å². The van der Waals surface area contributed by atoms with Crippen molar-refractivity contribution in [3.8, 4) is 5.88 Å². The monoisotopic (exact) mass is 363 g/mol. The second kappa shape index (κ2) is 7.31. The third-order valence-electron chi connectivity index (χ3n) is 3.30. The van der Waals surface area contributed by atoms with Crippen LogP contribution in [0.1, 0.15) is 18.7 Å². The average Bonchev–Trinajstić information content (AvgIpc) is 3.06. The van der Waals surface area contributed by atoms with Gasteiger partial charge in [0.25, 0.3) is 0 Å². The zero-order valence-corrected chi connectivity index (χ0v) is 14.2. The fourth-order valence-corrected chi connectivity index (χ4v) is 2.17. The summed E-state index contributed by atoms with van der Waals surface area (Å²) >= 11 is 6.12. The lowest BCUT2D eigenvalue weighted by Crippen LogP contribution is -2.11. The Morgan fingerprint density at radius 1 is 1.28 bits per heavy atom. The van der Waals surface area contributed by atoms with Crippen molar-refractivity contribution in [2.75, 3.05) is 17.7 Å². The molecule has 0 amide bonds. The molecule has 3 N–H and O–H groups in total. The Morgan fingerprint density at radius 3 is 2.80 bits per heavy atom. The van der Waals surface area contributed by atoms with Crippen molar-refractivity contribution in [1.82, 2.24) is 25.1 Å². The van der Waals surface area contributed by atoms with Crippen molar-refractivity contribution in [1.29, 1.82) is 0 Å². The molecule has 0 aliphatic carbocycles. The standard InChI is InChI=1S/C15H15ClFN7O/c1-8(11-4-3-9(17)6-18-11)20-15-19-7-10(16)14(22-15)21-12-5-13(25-2)24-23-12/h3-8H,1-2H3,(H3,19,20,21,22,23,24)/t8-/m0/s1. The summed E-state index contributed by atoms with van der Waals surface area (Å²) in [5, 5.41) is 13.1. The van der Waals surface area contributed by atoms with Gasteiger partial charge >= 0.3 is 0 Å². The number of hydrogen-bond donors (Lipinski definition) is 3. The number of hydrogen-bond acceptors (Lipinski definition) is 7. The molecule has 8 nitrogen and oxygen atoms in total. The fourth-order valence-electron chi connectivity index (χ4n) is 2.03. The molecule has 3 rings (SSSR count). The maximum atomic E-state index is 13.0. The van der Waals surface area contributed by atoms with E-state index in [1.165, 1.54) is 19.4 Å². The van der Waals surface area contributed by atoms with Gasteiger partial charge in [-0.3, -0.25) is 10.1 Å². The molecule has 3 heterocycles. The van der Waals surface area contributed by atoms with Crippen LogP contribution in [0.4, 0.5) is 22.0 Å². The number of H-pyrrole nitrogens is 1. The van der Waals surface area contributed by atoms with Crippen molar-refractivity contribution >= 4 is 29.2 Å². The first kappa shape index (κ1) is 16.9. The summed E-state index contributed by atoms with van der Waals surface area (Å²) in [5.41, 5.74) is 0.660. The Hall–Kier alpha value is -2.94. The van der Waals surface area contributed by atoms with Crippen LogP contribution in [0.2, 0.25) is 5.02 Å². The Morgan fingerprint density at radius 2 is 2.12 bits per heavy atom. The Kier molecular flexibility index (Phi) is 4.94. The summed E-state index contributed by atoms with van der Waals surface area (Å²) in [6.07, 6.45) is 2.63. The molecule has 0 saturated heterocycles. The molecule has 0 aliphatic heterocycles. The average molecular weight is 364 g/mol. The van der Waals surface area contributed by atoms with Gasteiger partial charge in [0, 0.05) is 6.07 Å². The first-order chi connectivity index (χ1) is 12.0. The number of methoxy groups -OCH3 is 1. The third-order valence-corrected chi connectivity index (χ3v) is 3.58. The maximum absolute atomic E-state index is 13.0. The van der Waals surface area contributed by atoms with Crippen LogP contribution < -0.4 is 15.4 Å². The summed E-state index contributed by atoms with van der Waals surface area (Å²) in [6, 6.07) is 4.39. The van der Waals surface area contributed by atoms with Crippen LogP contribution in [0.3, 0.4) is 0 Å². The third kappa shape index (κ3) is 4.13. The van der Waals surface area contributed by atoms with E-state index in [0.29, 0.717) is 34.2 Å². The summed E-state index contributed by atoms with van der Waals surface area (Å²) in [5.74, 6) is 1.35. The highest BCUT2D eigenvalue weighted by Gasteiger charge is 2.12. The molecule has 3 aromatic heterocycles. The lowest BCUT2D eigenvalue weighted by Gasteiger charge is -2.14. The molecule has 0 aliphatic rings. The quantitative estimate of drug-likeness (QED) is 0.617. The predicted molar refractivity (Wildman–Crippen MR) is 91.7 cm³/mol. The van der Waals surface area contributed by atoms with Gasteiger partial charge in [0.05, 0.1) is 31.2 Å². The van der Waals surface area contributed by atoms with Gasteiger partial charge in [0.1, 0.15) is 16.7 Å². The maximum Gasteiger partial charge on any atom is 0.234 e. The molecular weight excluding hydrogens is 349 g/mol. The van der Waals surface area contributed by atoms with E-state index in [4.69, 9.17) is 16.3 Å². The van der Waals surface area contributed by atoms with E-state index in [1.807, 2.05) is 6.92 Å². The van der Waals surface area contributed by atoms with Gasteiger partial charge in [-0.05, 0) is 19.1 Å². The predicted octanol–water partition coefficient (Wildman–Crippen LogP) is 3.31. The Bertz CT molecular complexity index is 855. The first-order valence-electron chi connectivity index (χ1n) is 7.32. The molecule has 0 fully saturated rings. The van der Waals surface area contributed by atoms with Gasteiger partial charge < -0.3 is 15.4 Å². The van der Waals surface area contributed by atoms with E-state index in [-0.39, 0.29) is 11.9 Å². The zero-order chi connectivity index (χ0) is 17.8. The molecule has 25 heavy (non-hydrogen) atoms. The number of pyridine rings is 1. The van der Waals surface area contributed by atoms with Crippen LogP contribution in [-0.2, 0) is 0 Å². The number of aromatic amines is 1. The van der Waals surface area contributed by atoms with Crippen LogP contribution in [0.15, 0.2) is 30.6 Å². The van der Waals surface area contributed by atoms with Gasteiger partial charge in [0.15, 0.2) is 5.82 Å². The van der Waals surface area contributed by atoms with Crippen molar-refractivity contribution in [3.05, 3.63) is 47.1 Å². The molecule has 0 aromatic carbocycles. The number of aromatic nitrogens is 5. The van der Waals surface area contributed by atoms with Gasteiger partial charge in [-0.25, -0.2) is 9.37 Å². The van der Waals surface area contributed by atoms with Gasteiger partial charge in [-0.1, -0.05) is 11.6 Å². The number of nitrogens with one attached hydrogen (secondary N) is 3. The SMILES string of the molecule is COc1cc(Nc2nc(N[C@@H](C)c3ccc(F)cn3)ncc2Cl)[nH]n1.